The molecule has 3 heteroatoms. The Kier molecular flexibility index (Phi) is 1.90. The van der Waals surface area contributed by atoms with Crippen LogP contribution in [0, 0.1) is 0 Å². The summed E-state index contributed by atoms with van der Waals surface area (Å²) in [7, 11) is 0. The molecule has 0 spiro atoms. The van der Waals surface area contributed by atoms with Crippen LogP contribution >= 0.6 is 0 Å². The zero-order valence-electron chi connectivity index (χ0n) is 6.97. The fourth-order valence-corrected chi connectivity index (χ4v) is 1.63. The lowest BCUT2D eigenvalue weighted by atomic mass is 9.87. The van der Waals surface area contributed by atoms with Crippen molar-refractivity contribution in [3.05, 3.63) is 35.4 Å². The Morgan fingerprint density at radius 3 is 2.69 bits per heavy atom. The largest absolute Gasteiger partial charge is 0.390 e. The molecule has 1 aliphatic carbocycles. The van der Waals surface area contributed by atoms with Crippen molar-refractivity contribution in [2.24, 2.45) is 0 Å². The first-order chi connectivity index (χ1) is 6.20. The first-order valence-corrected chi connectivity index (χ1v) is 4.18. The molecule has 0 aromatic heterocycles. The molecule has 0 aliphatic heterocycles. The van der Waals surface area contributed by atoms with Crippen molar-refractivity contribution in [2.75, 3.05) is 0 Å². The molecule has 0 radical (unpaired) electrons. The van der Waals surface area contributed by atoms with Crippen LogP contribution in [-0.4, -0.2) is 22.1 Å². The Balaban J connectivity index is 2.53. The minimum absolute atomic E-state index is 0.0121. The standard InChI is InChI=1S/C10H10O3/c11-8-5-9(12)10(13)7-4-2-1-3-6(7)8/h1-4,9-10,12-13H,5H2. The average molecular weight is 178 g/mol. The number of ketones is 1. The van der Waals surface area contributed by atoms with Gasteiger partial charge in [-0.15, -0.1) is 0 Å². The lowest BCUT2D eigenvalue weighted by Crippen LogP contribution is -2.28. The quantitative estimate of drug-likeness (QED) is 0.613. The van der Waals surface area contributed by atoms with Crippen molar-refractivity contribution in [1.29, 1.82) is 0 Å². The summed E-state index contributed by atoms with van der Waals surface area (Å²) in [6.07, 6.45) is -1.87. The fraction of sp³-hybridized carbons (Fsp3) is 0.300. The van der Waals surface area contributed by atoms with Crippen LogP contribution in [0.4, 0.5) is 0 Å². The van der Waals surface area contributed by atoms with Gasteiger partial charge in [0.25, 0.3) is 0 Å². The SMILES string of the molecule is O=C1CC(O)C(O)c2ccccc21. The number of rotatable bonds is 0. The van der Waals surface area contributed by atoms with Crippen LogP contribution in [0.25, 0.3) is 0 Å². The van der Waals surface area contributed by atoms with Gasteiger partial charge in [0.15, 0.2) is 5.78 Å². The summed E-state index contributed by atoms with van der Waals surface area (Å²) in [6, 6.07) is 6.83. The molecule has 1 aromatic carbocycles. The zero-order valence-corrected chi connectivity index (χ0v) is 6.97. The number of aliphatic hydroxyl groups excluding tert-OH is 2. The average Bonchev–Trinajstić information content (AvgIpc) is 2.15. The molecular formula is C10H10O3. The topological polar surface area (TPSA) is 57.5 Å². The third kappa shape index (κ3) is 1.26. The van der Waals surface area contributed by atoms with E-state index in [0.717, 1.165) is 0 Å². The fourth-order valence-electron chi connectivity index (χ4n) is 1.63. The third-order valence-corrected chi connectivity index (χ3v) is 2.34. The molecule has 2 rings (SSSR count). The molecule has 1 aromatic rings. The second-order valence-corrected chi connectivity index (χ2v) is 3.23. The van der Waals surface area contributed by atoms with Gasteiger partial charge in [0, 0.05) is 12.0 Å². The highest BCUT2D eigenvalue weighted by atomic mass is 16.3. The summed E-state index contributed by atoms with van der Waals surface area (Å²) in [5.41, 5.74) is 1.06. The Labute approximate surface area is 75.6 Å². The minimum atomic E-state index is -0.956. The van der Waals surface area contributed by atoms with Gasteiger partial charge < -0.3 is 10.2 Å². The van der Waals surface area contributed by atoms with Crippen molar-refractivity contribution in [2.45, 2.75) is 18.6 Å². The Bertz CT molecular complexity index is 346. The maximum atomic E-state index is 11.4. The van der Waals surface area contributed by atoms with Gasteiger partial charge in [-0.3, -0.25) is 4.79 Å². The molecule has 0 heterocycles. The van der Waals surface area contributed by atoms with Crippen molar-refractivity contribution >= 4 is 5.78 Å². The molecule has 68 valence electrons. The van der Waals surface area contributed by atoms with Gasteiger partial charge in [-0.2, -0.15) is 0 Å². The zero-order chi connectivity index (χ0) is 9.42. The van der Waals surface area contributed by atoms with Gasteiger partial charge >= 0.3 is 0 Å². The number of carbonyl (C=O) groups is 1. The van der Waals surface area contributed by atoms with Crippen LogP contribution in [0.5, 0.6) is 0 Å². The van der Waals surface area contributed by atoms with Crippen LogP contribution in [0.2, 0.25) is 0 Å². The van der Waals surface area contributed by atoms with E-state index < -0.39 is 12.2 Å². The monoisotopic (exact) mass is 178 g/mol. The molecule has 13 heavy (non-hydrogen) atoms. The maximum Gasteiger partial charge on any atom is 0.165 e. The first kappa shape index (κ1) is 8.41. The highest BCUT2D eigenvalue weighted by Gasteiger charge is 2.30. The summed E-state index contributed by atoms with van der Waals surface area (Å²) in [5.74, 6) is -0.103. The normalized spacial score (nSPS) is 27.1. The van der Waals surface area contributed by atoms with Gasteiger partial charge in [-0.05, 0) is 5.56 Å². The number of Topliss-reactive ketones (excluding diaryl/α,β-unsaturated/α-hetero) is 1. The van der Waals surface area contributed by atoms with Crippen molar-refractivity contribution < 1.29 is 15.0 Å². The lowest BCUT2D eigenvalue weighted by Gasteiger charge is -2.24. The van der Waals surface area contributed by atoms with E-state index in [-0.39, 0.29) is 12.2 Å². The molecule has 2 atom stereocenters. The molecule has 0 saturated carbocycles. The van der Waals surface area contributed by atoms with Gasteiger partial charge in [-0.25, -0.2) is 0 Å². The molecule has 0 saturated heterocycles. The van der Waals surface area contributed by atoms with Crippen molar-refractivity contribution in [1.82, 2.24) is 0 Å². The molecular weight excluding hydrogens is 168 g/mol. The smallest absolute Gasteiger partial charge is 0.165 e. The molecule has 0 amide bonds. The van der Waals surface area contributed by atoms with Crippen molar-refractivity contribution in [3.8, 4) is 0 Å². The van der Waals surface area contributed by atoms with E-state index in [1.165, 1.54) is 0 Å². The van der Waals surface area contributed by atoms with Crippen LogP contribution < -0.4 is 0 Å². The number of benzene rings is 1. The Morgan fingerprint density at radius 2 is 1.92 bits per heavy atom. The molecule has 0 fully saturated rings. The predicted molar refractivity (Wildman–Crippen MR) is 46.4 cm³/mol. The Hall–Kier alpha value is -1.19. The van der Waals surface area contributed by atoms with Crippen LogP contribution in [-0.2, 0) is 0 Å². The van der Waals surface area contributed by atoms with Gasteiger partial charge in [0.2, 0.25) is 0 Å². The highest BCUT2D eigenvalue weighted by molar-refractivity contribution is 5.99. The second kappa shape index (κ2) is 2.94. The van der Waals surface area contributed by atoms with Crippen LogP contribution in [0.15, 0.2) is 24.3 Å². The highest BCUT2D eigenvalue weighted by Crippen LogP contribution is 2.29. The summed E-state index contributed by atoms with van der Waals surface area (Å²) < 4.78 is 0. The van der Waals surface area contributed by atoms with Crippen LogP contribution in [0.1, 0.15) is 28.4 Å². The number of hydrogen-bond acceptors (Lipinski definition) is 3. The number of carbonyl (C=O) groups excluding carboxylic acids is 1. The summed E-state index contributed by atoms with van der Waals surface area (Å²) >= 11 is 0. The molecule has 0 bridgehead atoms. The van der Waals surface area contributed by atoms with E-state index in [4.69, 9.17) is 0 Å². The second-order valence-electron chi connectivity index (χ2n) is 3.23. The maximum absolute atomic E-state index is 11.4. The minimum Gasteiger partial charge on any atom is -0.390 e. The van der Waals surface area contributed by atoms with Crippen molar-refractivity contribution in [3.63, 3.8) is 0 Å². The van der Waals surface area contributed by atoms with E-state index in [1.807, 2.05) is 0 Å². The van der Waals surface area contributed by atoms with E-state index in [2.05, 4.69) is 0 Å². The predicted octanol–water partition coefficient (Wildman–Crippen LogP) is 0.667. The summed E-state index contributed by atoms with van der Waals surface area (Å²) in [5, 5.41) is 18.9. The van der Waals surface area contributed by atoms with E-state index in [9.17, 15) is 15.0 Å². The summed E-state index contributed by atoms with van der Waals surface area (Å²) in [4.78, 5) is 11.4. The van der Waals surface area contributed by atoms with Gasteiger partial charge in [0.05, 0.1) is 6.10 Å². The number of hydrogen-bond donors (Lipinski definition) is 2. The molecule has 1 aliphatic rings. The lowest BCUT2D eigenvalue weighted by molar-refractivity contribution is 0.00872. The molecule has 2 N–H and O–H groups in total. The van der Waals surface area contributed by atoms with Crippen LogP contribution in [0.3, 0.4) is 0 Å². The van der Waals surface area contributed by atoms with Gasteiger partial charge in [-0.1, -0.05) is 24.3 Å². The third-order valence-electron chi connectivity index (χ3n) is 2.34. The first-order valence-electron chi connectivity index (χ1n) is 4.18. The van der Waals surface area contributed by atoms with E-state index in [0.29, 0.717) is 11.1 Å². The van der Waals surface area contributed by atoms with Gasteiger partial charge in [0.1, 0.15) is 6.10 Å². The molecule has 3 nitrogen and oxygen atoms in total. The van der Waals surface area contributed by atoms with E-state index >= 15 is 0 Å². The number of aliphatic hydroxyl groups is 2. The number of fused-ring (bicyclic) bond motifs is 1. The van der Waals surface area contributed by atoms with E-state index in [1.54, 1.807) is 24.3 Å². The molecule has 2 unspecified atom stereocenters. The summed E-state index contributed by atoms with van der Waals surface area (Å²) in [6.45, 7) is 0. The Morgan fingerprint density at radius 1 is 1.23 bits per heavy atom.